The second-order valence-electron chi connectivity index (χ2n) is 7.18. The average Bonchev–Trinajstić information content (AvgIpc) is 2.94. The molecule has 21 heavy (non-hydrogen) atoms. The lowest BCUT2D eigenvalue weighted by Gasteiger charge is -2.37. The molecule has 0 amide bonds. The van der Waals surface area contributed by atoms with E-state index in [-0.39, 0.29) is 0 Å². The molecule has 0 radical (unpaired) electrons. The van der Waals surface area contributed by atoms with Crippen LogP contribution in [0.25, 0.3) is 0 Å². The highest BCUT2D eigenvalue weighted by Crippen LogP contribution is 2.35. The maximum absolute atomic E-state index is 2.68. The van der Waals surface area contributed by atoms with Crippen LogP contribution in [0.4, 0.5) is 0 Å². The van der Waals surface area contributed by atoms with Crippen molar-refractivity contribution in [3.63, 3.8) is 0 Å². The Morgan fingerprint density at radius 1 is 1.33 bits per heavy atom. The SMILES string of the molecule is Cc1ccc(CN2CCC3C(C[C@@H](CN(C)C)N3C)C2)s1. The molecule has 0 aromatic carbocycles. The molecule has 1 aromatic heterocycles. The predicted molar refractivity (Wildman–Crippen MR) is 91.0 cm³/mol. The third-order valence-corrected chi connectivity index (χ3v) is 6.19. The quantitative estimate of drug-likeness (QED) is 0.846. The molecule has 0 saturated carbocycles. The largest absolute Gasteiger partial charge is 0.308 e. The van der Waals surface area contributed by atoms with Crippen LogP contribution in [-0.2, 0) is 6.54 Å². The molecule has 0 aliphatic carbocycles. The van der Waals surface area contributed by atoms with Gasteiger partial charge in [-0.1, -0.05) is 0 Å². The Labute approximate surface area is 133 Å². The molecule has 2 unspecified atom stereocenters. The van der Waals surface area contributed by atoms with E-state index in [0.29, 0.717) is 0 Å². The van der Waals surface area contributed by atoms with Crippen molar-refractivity contribution in [2.24, 2.45) is 5.92 Å². The Morgan fingerprint density at radius 3 is 2.81 bits per heavy atom. The maximum Gasteiger partial charge on any atom is 0.0328 e. The van der Waals surface area contributed by atoms with Crippen LogP contribution in [0.2, 0.25) is 0 Å². The van der Waals surface area contributed by atoms with Gasteiger partial charge in [-0.3, -0.25) is 9.80 Å². The first-order valence-electron chi connectivity index (χ1n) is 8.17. The molecule has 118 valence electrons. The summed E-state index contributed by atoms with van der Waals surface area (Å²) in [5.41, 5.74) is 0. The van der Waals surface area contributed by atoms with Crippen molar-refractivity contribution in [1.82, 2.24) is 14.7 Å². The first-order valence-corrected chi connectivity index (χ1v) is 8.99. The predicted octanol–water partition coefficient (Wildman–Crippen LogP) is 2.51. The number of hydrogen-bond donors (Lipinski definition) is 0. The van der Waals surface area contributed by atoms with Crippen LogP contribution in [0.5, 0.6) is 0 Å². The molecule has 0 bridgehead atoms. The van der Waals surface area contributed by atoms with E-state index in [0.717, 1.165) is 24.5 Å². The summed E-state index contributed by atoms with van der Waals surface area (Å²) in [4.78, 5) is 10.6. The zero-order valence-corrected chi connectivity index (χ0v) is 14.7. The van der Waals surface area contributed by atoms with Crippen molar-refractivity contribution < 1.29 is 0 Å². The lowest BCUT2D eigenvalue weighted by Crippen LogP contribution is -2.45. The number of aryl methyl sites for hydroxylation is 1. The summed E-state index contributed by atoms with van der Waals surface area (Å²) in [5, 5.41) is 0. The average molecular weight is 308 g/mol. The molecule has 2 fully saturated rings. The van der Waals surface area contributed by atoms with Gasteiger partial charge in [0.2, 0.25) is 0 Å². The Hall–Kier alpha value is -0.420. The molecule has 2 aliphatic heterocycles. The molecule has 3 atom stereocenters. The van der Waals surface area contributed by atoms with Gasteiger partial charge in [0, 0.05) is 48.0 Å². The lowest BCUT2D eigenvalue weighted by atomic mass is 9.92. The Morgan fingerprint density at radius 2 is 2.14 bits per heavy atom. The minimum Gasteiger partial charge on any atom is -0.308 e. The van der Waals surface area contributed by atoms with Crippen LogP contribution in [-0.4, -0.2) is 67.6 Å². The third-order valence-electron chi connectivity index (χ3n) is 5.20. The highest BCUT2D eigenvalue weighted by Gasteiger charge is 2.41. The number of likely N-dealkylation sites (tertiary alicyclic amines) is 2. The van der Waals surface area contributed by atoms with E-state index in [1.807, 2.05) is 11.3 Å². The van der Waals surface area contributed by atoms with Crippen LogP contribution < -0.4 is 0 Å². The number of rotatable bonds is 4. The standard InChI is InChI=1S/C17H29N3S/c1-13-5-6-16(21-13)12-20-8-7-17-14(10-20)9-15(19(17)4)11-18(2)3/h5-6,14-15,17H,7-12H2,1-4H3/t14?,15-,17?/m0/s1. The number of thiophene rings is 1. The fourth-order valence-corrected chi connectivity index (χ4v) is 5.14. The zero-order valence-electron chi connectivity index (χ0n) is 13.9. The van der Waals surface area contributed by atoms with E-state index >= 15 is 0 Å². The Balaban J connectivity index is 1.58. The summed E-state index contributed by atoms with van der Waals surface area (Å²) in [6, 6.07) is 6.13. The number of piperidine rings is 1. The summed E-state index contributed by atoms with van der Waals surface area (Å²) in [6.07, 6.45) is 2.72. The minimum atomic E-state index is 0.749. The second kappa shape index (κ2) is 6.37. The molecule has 3 rings (SSSR count). The fraction of sp³-hybridized carbons (Fsp3) is 0.765. The van der Waals surface area contributed by atoms with Gasteiger partial charge in [0.15, 0.2) is 0 Å². The van der Waals surface area contributed by atoms with Gasteiger partial charge in [-0.15, -0.1) is 11.3 Å². The van der Waals surface area contributed by atoms with Crippen LogP contribution >= 0.6 is 11.3 Å². The molecular weight excluding hydrogens is 278 g/mol. The molecule has 0 spiro atoms. The molecule has 1 aromatic rings. The van der Waals surface area contributed by atoms with Crippen molar-refractivity contribution >= 4 is 11.3 Å². The summed E-state index contributed by atoms with van der Waals surface area (Å²) in [6.45, 7) is 7.11. The van der Waals surface area contributed by atoms with Crippen molar-refractivity contribution in [2.75, 3.05) is 40.8 Å². The van der Waals surface area contributed by atoms with Gasteiger partial charge >= 0.3 is 0 Å². The normalized spacial score (nSPS) is 31.0. The highest BCUT2D eigenvalue weighted by molar-refractivity contribution is 7.11. The van der Waals surface area contributed by atoms with E-state index in [1.54, 1.807) is 0 Å². The van der Waals surface area contributed by atoms with Crippen LogP contribution in [0.3, 0.4) is 0 Å². The van der Waals surface area contributed by atoms with E-state index < -0.39 is 0 Å². The summed E-state index contributed by atoms with van der Waals surface area (Å²) >= 11 is 1.96. The van der Waals surface area contributed by atoms with E-state index in [9.17, 15) is 0 Å². The van der Waals surface area contributed by atoms with Crippen LogP contribution in [0.1, 0.15) is 22.6 Å². The Kier molecular flexibility index (Phi) is 4.69. The topological polar surface area (TPSA) is 9.72 Å². The van der Waals surface area contributed by atoms with Gasteiger partial charge in [0.1, 0.15) is 0 Å². The van der Waals surface area contributed by atoms with E-state index in [1.165, 1.54) is 42.2 Å². The van der Waals surface area contributed by atoms with Crippen LogP contribution in [0.15, 0.2) is 12.1 Å². The minimum absolute atomic E-state index is 0.749. The maximum atomic E-state index is 2.68. The van der Waals surface area contributed by atoms with Gasteiger partial charge in [0.25, 0.3) is 0 Å². The van der Waals surface area contributed by atoms with Crippen molar-refractivity contribution in [2.45, 2.75) is 38.4 Å². The molecule has 2 saturated heterocycles. The molecule has 2 aliphatic rings. The second-order valence-corrected chi connectivity index (χ2v) is 8.55. The smallest absolute Gasteiger partial charge is 0.0328 e. The van der Waals surface area contributed by atoms with Crippen molar-refractivity contribution in [1.29, 1.82) is 0 Å². The molecule has 3 heterocycles. The fourth-order valence-electron chi connectivity index (χ4n) is 4.21. The molecule has 3 nitrogen and oxygen atoms in total. The van der Waals surface area contributed by atoms with Gasteiger partial charge in [0.05, 0.1) is 0 Å². The zero-order chi connectivity index (χ0) is 15.0. The van der Waals surface area contributed by atoms with Gasteiger partial charge in [-0.05, 0) is 59.0 Å². The van der Waals surface area contributed by atoms with Crippen molar-refractivity contribution in [3.05, 3.63) is 21.9 Å². The third kappa shape index (κ3) is 3.50. The lowest BCUT2D eigenvalue weighted by molar-refractivity contribution is 0.109. The molecule has 0 N–H and O–H groups in total. The summed E-state index contributed by atoms with van der Waals surface area (Å²) in [5.74, 6) is 0.870. The van der Waals surface area contributed by atoms with Gasteiger partial charge in [-0.2, -0.15) is 0 Å². The summed E-state index contributed by atoms with van der Waals surface area (Å²) in [7, 11) is 6.74. The molecular formula is C17H29N3S. The Bertz CT molecular complexity index is 470. The number of likely N-dealkylation sites (N-methyl/N-ethyl adjacent to an activating group) is 2. The first kappa shape index (κ1) is 15.5. The van der Waals surface area contributed by atoms with E-state index in [4.69, 9.17) is 0 Å². The molecule has 4 heteroatoms. The van der Waals surface area contributed by atoms with Crippen molar-refractivity contribution in [3.8, 4) is 0 Å². The van der Waals surface area contributed by atoms with Crippen LogP contribution in [0, 0.1) is 12.8 Å². The van der Waals surface area contributed by atoms with E-state index in [2.05, 4.69) is 54.9 Å². The number of fused-ring (bicyclic) bond motifs is 1. The first-order chi connectivity index (χ1) is 10.0. The highest BCUT2D eigenvalue weighted by atomic mass is 32.1. The number of hydrogen-bond acceptors (Lipinski definition) is 4. The monoisotopic (exact) mass is 307 g/mol. The number of nitrogens with zero attached hydrogens (tertiary/aromatic N) is 3. The summed E-state index contributed by atoms with van der Waals surface area (Å²) < 4.78 is 0. The van der Waals surface area contributed by atoms with Gasteiger partial charge in [-0.25, -0.2) is 0 Å². The van der Waals surface area contributed by atoms with Gasteiger partial charge < -0.3 is 4.90 Å².